The van der Waals surface area contributed by atoms with Gasteiger partial charge in [-0.05, 0) is 32.1 Å². The van der Waals surface area contributed by atoms with Gasteiger partial charge in [-0.2, -0.15) is 0 Å². The molecule has 0 saturated heterocycles. The molecule has 0 radical (unpaired) electrons. The first-order valence-corrected chi connectivity index (χ1v) is 5.15. The molecule has 2 N–H and O–H groups in total. The van der Waals surface area contributed by atoms with Gasteiger partial charge in [-0.15, -0.1) is 0 Å². The Morgan fingerprint density at radius 3 is 2.46 bits per heavy atom. The van der Waals surface area contributed by atoms with Crippen LogP contribution in [0, 0.1) is 5.92 Å². The van der Waals surface area contributed by atoms with Crippen LogP contribution in [0.2, 0.25) is 0 Å². The van der Waals surface area contributed by atoms with E-state index in [9.17, 15) is 4.79 Å². The molecule has 3 heteroatoms. The van der Waals surface area contributed by atoms with Gasteiger partial charge in [-0.3, -0.25) is 0 Å². The molecule has 76 valence electrons. The zero-order valence-electron chi connectivity index (χ0n) is 8.76. The topological polar surface area (TPSA) is 41.1 Å². The summed E-state index contributed by atoms with van der Waals surface area (Å²) in [4.78, 5) is 11.3. The minimum Gasteiger partial charge on any atom is -0.336 e. The van der Waals surface area contributed by atoms with Gasteiger partial charge in [0.25, 0.3) is 0 Å². The van der Waals surface area contributed by atoms with Crippen molar-refractivity contribution in [2.24, 2.45) is 5.92 Å². The quantitative estimate of drug-likeness (QED) is 0.688. The van der Waals surface area contributed by atoms with Gasteiger partial charge < -0.3 is 10.6 Å². The lowest BCUT2D eigenvalue weighted by molar-refractivity contribution is 0.235. The zero-order chi connectivity index (χ0) is 9.84. The van der Waals surface area contributed by atoms with E-state index in [1.54, 1.807) is 0 Å². The number of rotatable bonds is 4. The molecule has 1 atom stereocenters. The normalized spacial score (nSPS) is 18.5. The lowest BCUT2D eigenvalue weighted by atomic mass is 10.1. The minimum absolute atomic E-state index is 0.00403. The van der Waals surface area contributed by atoms with Crippen molar-refractivity contribution in [2.45, 2.75) is 52.1 Å². The summed E-state index contributed by atoms with van der Waals surface area (Å²) >= 11 is 0. The standard InChI is InChI=1S/C10H20N2O/c1-7(2)6-8(3)11-10(13)12-9-4-5-9/h7-9H,4-6H2,1-3H3,(H2,11,12,13). The Morgan fingerprint density at radius 1 is 1.38 bits per heavy atom. The van der Waals surface area contributed by atoms with Crippen LogP contribution < -0.4 is 10.6 Å². The van der Waals surface area contributed by atoms with Crippen LogP contribution in [0.15, 0.2) is 0 Å². The third-order valence-corrected chi connectivity index (χ3v) is 2.12. The smallest absolute Gasteiger partial charge is 0.315 e. The molecular formula is C10H20N2O. The fourth-order valence-corrected chi connectivity index (χ4v) is 1.44. The molecule has 13 heavy (non-hydrogen) atoms. The highest BCUT2D eigenvalue weighted by molar-refractivity contribution is 5.74. The third kappa shape index (κ3) is 4.76. The Kier molecular flexibility index (Phi) is 3.58. The first-order valence-electron chi connectivity index (χ1n) is 5.15. The van der Waals surface area contributed by atoms with Crippen LogP contribution >= 0.6 is 0 Å². The average molecular weight is 184 g/mol. The molecule has 0 aromatic heterocycles. The lowest BCUT2D eigenvalue weighted by Gasteiger charge is -2.16. The molecule has 3 nitrogen and oxygen atoms in total. The number of carbonyl (C=O) groups excluding carboxylic acids is 1. The van der Waals surface area contributed by atoms with Crippen LogP contribution in [-0.4, -0.2) is 18.1 Å². The zero-order valence-corrected chi connectivity index (χ0v) is 8.76. The van der Waals surface area contributed by atoms with Crippen LogP contribution in [0.25, 0.3) is 0 Å². The van der Waals surface area contributed by atoms with Crippen LogP contribution in [0.1, 0.15) is 40.0 Å². The van der Waals surface area contributed by atoms with E-state index in [1.165, 1.54) is 0 Å². The van der Waals surface area contributed by atoms with Gasteiger partial charge in [0.15, 0.2) is 0 Å². The molecule has 0 aromatic carbocycles. The van der Waals surface area contributed by atoms with E-state index in [0.717, 1.165) is 19.3 Å². The molecule has 1 fully saturated rings. The highest BCUT2D eigenvalue weighted by Crippen LogP contribution is 2.18. The SMILES string of the molecule is CC(C)CC(C)NC(=O)NC1CC1. The van der Waals surface area contributed by atoms with E-state index < -0.39 is 0 Å². The van der Waals surface area contributed by atoms with E-state index in [-0.39, 0.29) is 12.1 Å². The van der Waals surface area contributed by atoms with Gasteiger partial charge in [-0.1, -0.05) is 13.8 Å². The Morgan fingerprint density at radius 2 is 2.00 bits per heavy atom. The minimum atomic E-state index is -0.00403. The molecule has 1 unspecified atom stereocenters. The summed E-state index contributed by atoms with van der Waals surface area (Å²) in [5, 5.41) is 5.84. The van der Waals surface area contributed by atoms with Gasteiger partial charge >= 0.3 is 6.03 Å². The molecule has 1 aliphatic carbocycles. The van der Waals surface area contributed by atoms with Gasteiger partial charge in [0.05, 0.1) is 0 Å². The van der Waals surface area contributed by atoms with Crippen molar-refractivity contribution in [3.63, 3.8) is 0 Å². The number of nitrogens with one attached hydrogen (secondary N) is 2. The number of urea groups is 1. The highest BCUT2D eigenvalue weighted by atomic mass is 16.2. The number of hydrogen-bond acceptors (Lipinski definition) is 1. The Bertz CT molecular complexity index is 176. The van der Waals surface area contributed by atoms with Crippen molar-refractivity contribution in [2.75, 3.05) is 0 Å². The second kappa shape index (κ2) is 4.49. The van der Waals surface area contributed by atoms with E-state index >= 15 is 0 Å². The van der Waals surface area contributed by atoms with Crippen molar-refractivity contribution in [1.29, 1.82) is 0 Å². The fraction of sp³-hybridized carbons (Fsp3) is 0.900. The Hall–Kier alpha value is -0.730. The first kappa shape index (κ1) is 10.4. The van der Waals surface area contributed by atoms with Crippen molar-refractivity contribution in [3.8, 4) is 0 Å². The molecule has 0 heterocycles. The lowest BCUT2D eigenvalue weighted by Crippen LogP contribution is -2.42. The van der Waals surface area contributed by atoms with Crippen molar-refractivity contribution >= 4 is 6.03 Å². The van der Waals surface area contributed by atoms with E-state index in [2.05, 4.69) is 24.5 Å². The van der Waals surface area contributed by atoms with Gasteiger partial charge in [0, 0.05) is 12.1 Å². The van der Waals surface area contributed by atoms with Crippen molar-refractivity contribution < 1.29 is 4.79 Å². The highest BCUT2D eigenvalue weighted by Gasteiger charge is 2.23. The molecule has 1 aliphatic rings. The molecule has 1 saturated carbocycles. The summed E-state index contributed by atoms with van der Waals surface area (Å²) in [6.07, 6.45) is 3.33. The summed E-state index contributed by atoms with van der Waals surface area (Å²) in [5.41, 5.74) is 0. The second-order valence-corrected chi connectivity index (χ2v) is 4.42. The largest absolute Gasteiger partial charge is 0.336 e. The molecule has 0 spiro atoms. The average Bonchev–Trinajstić information content (AvgIpc) is 2.67. The predicted molar refractivity (Wildman–Crippen MR) is 53.6 cm³/mol. The number of amides is 2. The number of hydrogen-bond donors (Lipinski definition) is 2. The monoisotopic (exact) mass is 184 g/mol. The van der Waals surface area contributed by atoms with E-state index in [0.29, 0.717) is 12.0 Å². The first-order chi connectivity index (χ1) is 6.08. The maximum Gasteiger partial charge on any atom is 0.315 e. The summed E-state index contributed by atoms with van der Waals surface area (Å²) in [7, 11) is 0. The van der Waals surface area contributed by atoms with Gasteiger partial charge in [0.1, 0.15) is 0 Å². The van der Waals surface area contributed by atoms with Crippen LogP contribution in [0.5, 0.6) is 0 Å². The van der Waals surface area contributed by atoms with Crippen molar-refractivity contribution in [1.82, 2.24) is 10.6 Å². The van der Waals surface area contributed by atoms with Crippen LogP contribution in [-0.2, 0) is 0 Å². The molecule has 0 aliphatic heterocycles. The molecule has 2 amide bonds. The summed E-state index contributed by atoms with van der Waals surface area (Å²) < 4.78 is 0. The maximum atomic E-state index is 11.3. The fourth-order valence-electron chi connectivity index (χ4n) is 1.44. The van der Waals surface area contributed by atoms with E-state index in [4.69, 9.17) is 0 Å². The molecular weight excluding hydrogens is 164 g/mol. The Labute approximate surface area is 80.3 Å². The molecule has 0 aromatic rings. The van der Waals surface area contributed by atoms with Crippen LogP contribution in [0.4, 0.5) is 4.79 Å². The summed E-state index contributed by atoms with van der Waals surface area (Å²) in [6, 6.07) is 0.723. The second-order valence-electron chi connectivity index (χ2n) is 4.42. The number of carbonyl (C=O) groups is 1. The van der Waals surface area contributed by atoms with Crippen LogP contribution in [0.3, 0.4) is 0 Å². The maximum absolute atomic E-state index is 11.3. The molecule has 0 bridgehead atoms. The predicted octanol–water partition coefficient (Wildman–Crippen LogP) is 1.88. The van der Waals surface area contributed by atoms with Gasteiger partial charge in [-0.25, -0.2) is 4.79 Å². The van der Waals surface area contributed by atoms with Crippen molar-refractivity contribution in [3.05, 3.63) is 0 Å². The third-order valence-electron chi connectivity index (χ3n) is 2.12. The van der Waals surface area contributed by atoms with Gasteiger partial charge in [0.2, 0.25) is 0 Å². The summed E-state index contributed by atoms with van der Waals surface area (Å²) in [6.45, 7) is 6.38. The Balaban J connectivity index is 2.10. The summed E-state index contributed by atoms with van der Waals surface area (Å²) in [5.74, 6) is 0.635. The molecule has 1 rings (SSSR count). The van der Waals surface area contributed by atoms with E-state index in [1.807, 2.05) is 6.92 Å².